The molecule has 1 amide bonds. The third-order valence-electron chi connectivity index (χ3n) is 2.89. The van der Waals surface area contributed by atoms with E-state index in [-0.39, 0.29) is 12.5 Å². The molecule has 1 aromatic heterocycles. The van der Waals surface area contributed by atoms with Gasteiger partial charge < -0.3 is 15.7 Å². The van der Waals surface area contributed by atoms with E-state index in [0.29, 0.717) is 12.2 Å². The molecule has 0 fully saturated rings. The SMILES string of the molecule is CC(O)CNC(=O)c1nn(C)c2c1CNCC2. The number of nitrogens with zero attached hydrogens (tertiary/aromatic N) is 2. The molecule has 1 aliphatic heterocycles. The van der Waals surface area contributed by atoms with E-state index in [0.717, 1.165) is 24.2 Å². The Hall–Kier alpha value is -1.40. The number of hydrogen-bond acceptors (Lipinski definition) is 4. The summed E-state index contributed by atoms with van der Waals surface area (Å²) in [6.45, 7) is 3.48. The average molecular weight is 238 g/mol. The molecule has 3 N–H and O–H groups in total. The molecule has 0 saturated carbocycles. The predicted octanol–water partition coefficient (Wildman–Crippen LogP) is -0.824. The molecule has 0 bridgehead atoms. The normalized spacial score (nSPS) is 16.4. The van der Waals surface area contributed by atoms with Crippen molar-refractivity contribution in [1.29, 1.82) is 0 Å². The van der Waals surface area contributed by atoms with Crippen LogP contribution in [0, 0.1) is 0 Å². The summed E-state index contributed by atoms with van der Waals surface area (Å²) in [5, 5.41) is 19.3. The standard InChI is InChI=1S/C11H18N4O2/c1-7(16)5-13-11(17)10-8-6-12-4-3-9(8)15(2)14-10/h7,12,16H,3-6H2,1-2H3,(H,13,17). The molecule has 2 rings (SSSR count). The fourth-order valence-electron chi connectivity index (χ4n) is 2.03. The summed E-state index contributed by atoms with van der Waals surface area (Å²) in [6, 6.07) is 0. The number of aromatic nitrogens is 2. The van der Waals surface area contributed by atoms with Crippen LogP contribution in [0.5, 0.6) is 0 Å². The van der Waals surface area contributed by atoms with E-state index in [1.165, 1.54) is 0 Å². The summed E-state index contributed by atoms with van der Waals surface area (Å²) in [6.07, 6.45) is 0.347. The molecule has 0 aromatic carbocycles. The molecule has 0 saturated heterocycles. The number of aliphatic hydroxyl groups excluding tert-OH is 1. The molecule has 1 aliphatic rings. The van der Waals surface area contributed by atoms with Gasteiger partial charge in [-0.15, -0.1) is 0 Å². The van der Waals surface area contributed by atoms with E-state index >= 15 is 0 Å². The lowest BCUT2D eigenvalue weighted by Gasteiger charge is -2.14. The molecule has 0 spiro atoms. The summed E-state index contributed by atoms with van der Waals surface area (Å²) >= 11 is 0. The van der Waals surface area contributed by atoms with Crippen LogP contribution < -0.4 is 10.6 Å². The van der Waals surface area contributed by atoms with Crippen molar-refractivity contribution in [3.05, 3.63) is 17.0 Å². The van der Waals surface area contributed by atoms with Gasteiger partial charge in [0.2, 0.25) is 0 Å². The lowest BCUT2D eigenvalue weighted by molar-refractivity contribution is 0.0917. The van der Waals surface area contributed by atoms with Gasteiger partial charge in [-0.1, -0.05) is 0 Å². The number of carbonyl (C=O) groups is 1. The van der Waals surface area contributed by atoms with E-state index in [1.807, 2.05) is 7.05 Å². The van der Waals surface area contributed by atoms with Crippen molar-refractivity contribution >= 4 is 5.91 Å². The minimum atomic E-state index is -0.545. The Kier molecular flexibility index (Phi) is 3.44. The highest BCUT2D eigenvalue weighted by Crippen LogP contribution is 2.17. The summed E-state index contributed by atoms with van der Waals surface area (Å²) in [5.74, 6) is -0.216. The zero-order valence-corrected chi connectivity index (χ0v) is 10.2. The molecule has 6 heteroatoms. The van der Waals surface area contributed by atoms with Crippen LogP contribution in [0.4, 0.5) is 0 Å². The van der Waals surface area contributed by atoms with Crippen LogP contribution in [0.2, 0.25) is 0 Å². The van der Waals surface area contributed by atoms with Crippen LogP contribution in [0.1, 0.15) is 28.7 Å². The molecule has 0 aliphatic carbocycles. The highest BCUT2D eigenvalue weighted by atomic mass is 16.3. The maximum Gasteiger partial charge on any atom is 0.272 e. The van der Waals surface area contributed by atoms with Gasteiger partial charge in [-0.25, -0.2) is 0 Å². The van der Waals surface area contributed by atoms with Gasteiger partial charge in [-0.05, 0) is 6.92 Å². The number of aliphatic hydroxyl groups is 1. The van der Waals surface area contributed by atoms with Crippen molar-refractivity contribution < 1.29 is 9.90 Å². The van der Waals surface area contributed by atoms with Crippen molar-refractivity contribution in [2.24, 2.45) is 7.05 Å². The van der Waals surface area contributed by atoms with E-state index in [2.05, 4.69) is 15.7 Å². The van der Waals surface area contributed by atoms with Crippen LogP contribution in [0.15, 0.2) is 0 Å². The molecule has 0 radical (unpaired) electrons. The van der Waals surface area contributed by atoms with E-state index < -0.39 is 6.10 Å². The van der Waals surface area contributed by atoms with Crippen LogP contribution in [-0.2, 0) is 20.0 Å². The number of aryl methyl sites for hydroxylation is 1. The first kappa shape index (κ1) is 12.1. The van der Waals surface area contributed by atoms with Crippen LogP contribution in [0.3, 0.4) is 0 Å². The Bertz CT molecular complexity index is 425. The highest BCUT2D eigenvalue weighted by Gasteiger charge is 2.23. The molecule has 1 atom stereocenters. The second-order valence-corrected chi connectivity index (χ2v) is 4.38. The topological polar surface area (TPSA) is 79.2 Å². The van der Waals surface area contributed by atoms with Crippen molar-refractivity contribution in [3.63, 3.8) is 0 Å². The fraction of sp³-hybridized carbons (Fsp3) is 0.636. The van der Waals surface area contributed by atoms with E-state index in [4.69, 9.17) is 5.11 Å². The summed E-state index contributed by atoms with van der Waals surface area (Å²) in [4.78, 5) is 11.9. The largest absolute Gasteiger partial charge is 0.392 e. The molecule has 1 unspecified atom stereocenters. The van der Waals surface area contributed by atoms with Gasteiger partial charge in [0.05, 0.1) is 6.10 Å². The third kappa shape index (κ3) is 2.48. The summed E-state index contributed by atoms with van der Waals surface area (Å²) in [7, 11) is 1.86. The van der Waals surface area contributed by atoms with Crippen molar-refractivity contribution in [3.8, 4) is 0 Å². The second-order valence-electron chi connectivity index (χ2n) is 4.38. The maximum atomic E-state index is 11.9. The Morgan fingerprint density at radius 3 is 3.18 bits per heavy atom. The number of carbonyl (C=O) groups excluding carboxylic acids is 1. The van der Waals surface area contributed by atoms with Gasteiger partial charge >= 0.3 is 0 Å². The van der Waals surface area contributed by atoms with Gasteiger partial charge in [0, 0.05) is 44.4 Å². The van der Waals surface area contributed by atoms with Crippen LogP contribution in [-0.4, -0.2) is 40.0 Å². The Balaban J connectivity index is 2.18. The number of rotatable bonds is 3. The van der Waals surface area contributed by atoms with Crippen LogP contribution in [0.25, 0.3) is 0 Å². The van der Waals surface area contributed by atoms with Crippen molar-refractivity contribution in [1.82, 2.24) is 20.4 Å². The van der Waals surface area contributed by atoms with Gasteiger partial charge in [-0.2, -0.15) is 5.10 Å². The third-order valence-corrected chi connectivity index (χ3v) is 2.89. The first-order chi connectivity index (χ1) is 8.09. The minimum absolute atomic E-state index is 0.216. The first-order valence-corrected chi connectivity index (χ1v) is 5.81. The first-order valence-electron chi connectivity index (χ1n) is 5.81. The van der Waals surface area contributed by atoms with Crippen molar-refractivity contribution in [2.75, 3.05) is 13.1 Å². The molecule has 2 heterocycles. The summed E-state index contributed by atoms with van der Waals surface area (Å²) in [5.41, 5.74) is 2.56. The average Bonchev–Trinajstić information content (AvgIpc) is 2.65. The molecule has 17 heavy (non-hydrogen) atoms. The Morgan fingerprint density at radius 1 is 1.71 bits per heavy atom. The van der Waals surface area contributed by atoms with Gasteiger partial charge in [-0.3, -0.25) is 9.48 Å². The number of hydrogen-bond donors (Lipinski definition) is 3. The lowest BCUT2D eigenvalue weighted by atomic mass is 10.1. The number of amides is 1. The van der Waals surface area contributed by atoms with Gasteiger partial charge in [0.1, 0.15) is 0 Å². The molecule has 6 nitrogen and oxygen atoms in total. The molecule has 1 aromatic rings. The quantitative estimate of drug-likeness (QED) is 0.642. The molecular formula is C11H18N4O2. The predicted molar refractivity (Wildman–Crippen MR) is 62.6 cm³/mol. The molecular weight excluding hydrogens is 220 g/mol. The second kappa shape index (κ2) is 4.85. The lowest BCUT2D eigenvalue weighted by Crippen LogP contribution is -2.32. The molecule has 94 valence electrons. The van der Waals surface area contributed by atoms with Gasteiger partial charge in [0.15, 0.2) is 5.69 Å². The Labute approximate surface area is 100 Å². The summed E-state index contributed by atoms with van der Waals surface area (Å²) < 4.78 is 1.77. The maximum absolute atomic E-state index is 11.9. The highest BCUT2D eigenvalue weighted by molar-refractivity contribution is 5.94. The Morgan fingerprint density at radius 2 is 2.47 bits per heavy atom. The van der Waals surface area contributed by atoms with E-state index in [9.17, 15) is 4.79 Å². The zero-order chi connectivity index (χ0) is 12.4. The van der Waals surface area contributed by atoms with Crippen LogP contribution >= 0.6 is 0 Å². The smallest absolute Gasteiger partial charge is 0.272 e. The fourth-order valence-corrected chi connectivity index (χ4v) is 2.03. The number of fused-ring (bicyclic) bond motifs is 1. The monoisotopic (exact) mass is 238 g/mol. The number of nitrogens with one attached hydrogen (secondary N) is 2. The van der Waals surface area contributed by atoms with Gasteiger partial charge in [0.25, 0.3) is 5.91 Å². The zero-order valence-electron chi connectivity index (χ0n) is 10.2. The van der Waals surface area contributed by atoms with E-state index in [1.54, 1.807) is 11.6 Å². The minimum Gasteiger partial charge on any atom is -0.392 e. The van der Waals surface area contributed by atoms with Crippen molar-refractivity contribution in [2.45, 2.75) is 26.0 Å².